The maximum absolute atomic E-state index is 12.1. The lowest BCUT2D eigenvalue weighted by Crippen LogP contribution is -2.39. The van der Waals surface area contributed by atoms with Crippen molar-refractivity contribution in [3.8, 4) is 0 Å². The summed E-state index contributed by atoms with van der Waals surface area (Å²) < 4.78 is 27.0. The molecule has 2 aromatic rings. The number of hydrogen-bond acceptors (Lipinski definition) is 2. The Morgan fingerprint density at radius 2 is 2.23 bits per heavy atom. The van der Waals surface area contributed by atoms with E-state index in [2.05, 4.69) is 9.71 Å². The first-order chi connectivity index (χ1) is 10.5. The number of benzene rings is 1. The van der Waals surface area contributed by atoms with Crippen LogP contribution in [-0.4, -0.2) is 25.2 Å². The van der Waals surface area contributed by atoms with Gasteiger partial charge in [0, 0.05) is 27.7 Å². The number of aryl methyl sites for hydroxylation is 1. The van der Waals surface area contributed by atoms with E-state index in [9.17, 15) is 8.42 Å². The van der Waals surface area contributed by atoms with Crippen molar-refractivity contribution in [3.05, 3.63) is 34.5 Å². The molecule has 0 saturated heterocycles. The number of fused-ring (bicyclic) bond motifs is 3. The Morgan fingerprint density at radius 1 is 1.41 bits per heavy atom. The van der Waals surface area contributed by atoms with Gasteiger partial charge in [-0.05, 0) is 43.4 Å². The van der Waals surface area contributed by atoms with Crippen LogP contribution in [0.3, 0.4) is 0 Å². The highest BCUT2D eigenvalue weighted by Gasteiger charge is 2.25. The number of H-pyrrole nitrogens is 1. The van der Waals surface area contributed by atoms with Gasteiger partial charge in [0.2, 0.25) is 10.0 Å². The van der Waals surface area contributed by atoms with Crippen LogP contribution >= 0.6 is 11.6 Å². The molecule has 0 fully saturated rings. The molecule has 1 atom stereocenters. The van der Waals surface area contributed by atoms with Crippen molar-refractivity contribution in [2.24, 2.45) is 0 Å². The van der Waals surface area contributed by atoms with Gasteiger partial charge in [0.15, 0.2) is 0 Å². The second-order valence-electron chi connectivity index (χ2n) is 6.00. The third-order valence-electron chi connectivity index (χ3n) is 4.26. The third kappa shape index (κ3) is 3.31. The van der Waals surface area contributed by atoms with Gasteiger partial charge in [0.25, 0.3) is 0 Å². The summed E-state index contributed by atoms with van der Waals surface area (Å²) in [4.78, 5) is 3.41. The van der Waals surface area contributed by atoms with E-state index in [1.807, 2.05) is 25.1 Å². The van der Waals surface area contributed by atoms with Gasteiger partial charge in [0.1, 0.15) is 0 Å². The zero-order valence-corrected chi connectivity index (χ0v) is 14.2. The number of sulfonamides is 1. The molecular formula is C16H21ClN2O2S. The van der Waals surface area contributed by atoms with Crippen LogP contribution in [0.25, 0.3) is 10.9 Å². The molecule has 0 aliphatic heterocycles. The van der Waals surface area contributed by atoms with Gasteiger partial charge >= 0.3 is 0 Å². The second-order valence-corrected chi connectivity index (χ2v) is 8.31. The molecule has 0 bridgehead atoms. The van der Waals surface area contributed by atoms with Crippen LogP contribution in [-0.2, 0) is 22.9 Å². The van der Waals surface area contributed by atoms with Gasteiger partial charge in [-0.25, -0.2) is 13.1 Å². The highest BCUT2D eigenvalue weighted by molar-refractivity contribution is 7.89. The molecule has 0 amide bonds. The maximum Gasteiger partial charge on any atom is 0.211 e. The molecule has 3 rings (SSSR count). The monoisotopic (exact) mass is 340 g/mol. The molecule has 1 unspecified atom stereocenters. The highest BCUT2D eigenvalue weighted by atomic mass is 35.5. The summed E-state index contributed by atoms with van der Waals surface area (Å²) >= 11 is 6.03. The van der Waals surface area contributed by atoms with E-state index in [1.54, 1.807) is 0 Å². The first kappa shape index (κ1) is 15.8. The van der Waals surface area contributed by atoms with Crippen LogP contribution in [0.2, 0.25) is 5.02 Å². The van der Waals surface area contributed by atoms with Crippen LogP contribution < -0.4 is 4.72 Å². The van der Waals surface area contributed by atoms with E-state index in [1.165, 1.54) is 11.3 Å². The van der Waals surface area contributed by atoms with Gasteiger partial charge in [0.05, 0.1) is 5.75 Å². The maximum atomic E-state index is 12.1. The van der Waals surface area contributed by atoms with E-state index in [4.69, 9.17) is 11.6 Å². The fourth-order valence-corrected chi connectivity index (χ4v) is 4.81. The molecular weight excluding hydrogens is 320 g/mol. The number of unbranched alkanes of at least 4 members (excludes halogenated alkanes) is 1. The van der Waals surface area contributed by atoms with Crippen molar-refractivity contribution in [1.82, 2.24) is 9.71 Å². The molecule has 22 heavy (non-hydrogen) atoms. The van der Waals surface area contributed by atoms with Gasteiger partial charge in [-0.15, -0.1) is 0 Å². The molecule has 120 valence electrons. The van der Waals surface area contributed by atoms with Gasteiger partial charge in [-0.2, -0.15) is 0 Å². The van der Waals surface area contributed by atoms with Crippen molar-refractivity contribution in [1.29, 1.82) is 0 Å². The first-order valence-electron chi connectivity index (χ1n) is 7.77. The topological polar surface area (TPSA) is 62.0 Å². The molecule has 0 radical (unpaired) electrons. The predicted octanol–water partition coefficient (Wildman–Crippen LogP) is 3.40. The first-order valence-corrected chi connectivity index (χ1v) is 9.80. The molecule has 1 aromatic heterocycles. The number of aromatic nitrogens is 1. The molecule has 2 N–H and O–H groups in total. The van der Waals surface area contributed by atoms with E-state index in [0.29, 0.717) is 11.4 Å². The Bertz CT molecular complexity index is 783. The van der Waals surface area contributed by atoms with Crippen LogP contribution in [0.15, 0.2) is 18.2 Å². The summed E-state index contributed by atoms with van der Waals surface area (Å²) in [5.41, 5.74) is 3.47. The largest absolute Gasteiger partial charge is 0.358 e. The third-order valence-corrected chi connectivity index (χ3v) is 6.02. The SMILES string of the molecule is CCCCS(=O)(=O)NC1CCc2[nH]c3cc(Cl)ccc3c2C1. The van der Waals surface area contributed by atoms with Crippen molar-refractivity contribution in [2.45, 2.75) is 45.1 Å². The highest BCUT2D eigenvalue weighted by Crippen LogP contribution is 2.30. The summed E-state index contributed by atoms with van der Waals surface area (Å²) in [6, 6.07) is 5.81. The van der Waals surface area contributed by atoms with Crippen molar-refractivity contribution >= 4 is 32.5 Å². The normalized spacial score (nSPS) is 18.5. The summed E-state index contributed by atoms with van der Waals surface area (Å²) in [6.45, 7) is 2.00. The molecule has 1 aliphatic rings. The number of nitrogens with one attached hydrogen (secondary N) is 2. The smallest absolute Gasteiger partial charge is 0.211 e. The average molecular weight is 341 g/mol. The van der Waals surface area contributed by atoms with Gasteiger partial charge in [-0.3, -0.25) is 0 Å². The summed E-state index contributed by atoms with van der Waals surface area (Å²) in [5.74, 6) is 0.219. The lowest BCUT2D eigenvalue weighted by atomic mass is 9.92. The van der Waals surface area contributed by atoms with Crippen molar-refractivity contribution in [3.63, 3.8) is 0 Å². The molecule has 1 heterocycles. The second kappa shape index (κ2) is 6.22. The average Bonchev–Trinajstić information content (AvgIpc) is 2.81. The zero-order valence-electron chi connectivity index (χ0n) is 12.7. The molecule has 0 spiro atoms. The minimum atomic E-state index is -3.17. The molecule has 0 saturated carbocycles. The lowest BCUT2D eigenvalue weighted by Gasteiger charge is -2.23. The Labute approximate surface area is 136 Å². The minimum absolute atomic E-state index is 0.0102. The molecule has 6 heteroatoms. The number of hydrogen-bond donors (Lipinski definition) is 2. The molecule has 4 nitrogen and oxygen atoms in total. The van der Waals surface area contributed by atoms with Gasteiger partial charge < -0.3 is 4.98 Å². The zero-order chi connectivity index (χ0) is 15.7. The van der Waals surface area contributed by atoms with Crippen LogP contribution in [0.1, 0.15) is 37.4 Å². The number of rotatable bonds is 5. The van der Waals surface area contributed by atoms with E-state index < -0.39 is 10.0 Å². The van der Waals surface area contributed by atoms with Crippen molar-refractivity contribution in [2.75, 3.05) is 5.75 Å². The predicted molar refractivity (Wildman–Crippen MR) is 91.0 cm³/mol. The van der Waals surface area contributed by atoms with Crippen LogP contribution in [0.4, 0.5) is 0 Å². The number of halogens is 1. The summed E-state index contributed by atoms with van der Waals surface area (Å²) in [5, 5.41) is 1.86. The summed E-state index contributed by atoms with van der Waals surface area (Å²) in [6.07, 6.45) is 4.03. The number of aromatic amines is 1. The van der Waals surface area contributed by atoms with Crippen LogP contribution in [0, 0.1) is 0 Å². The van der Waals surface area contributed by atoms with E-state index >= 15 is 0 Å². The molecule has 1 aliphatic carbocycles. The van der Waals surface area contributed by atoms with E-state index in [0.717, 1.165) is 36.6 Å². The lowest BCUT2D eigenvalue weighted by molar-refractivity contribution is 0.505. The van der Waals surface area contributed by atoms with Gasteiger partial charge in [-0.1, -0.05) is 31.0 Å². The quantitative estimate of drug-likeness (QED) is 0.876. The Kier molecular flexibility index (Phi) is 4.48. The fourth-order valence-electron chi connectivity index (χ4n) is 3.14. The minimum Gasteiger partial charge on any atom is -0.358 e. The Balaban J connectivity index is 1.80. The fraction of sp³-hybridized carbons (Fsp3) is 0.500. The Hall–Kier alpha value is -1.04. The summed E-state index contributed by atoms with van der Waals surface area (Å²) in [7, 11) is -3.17. The Morgan fingerprint density at radius 3 is 3.00 bits per heavy atom. The van der Waals surface area contributed by atoms with Crippen LogP contribution in [0.5, 0.6) is 0 Å². The molecule has 1 aromatic carbocycles. The van der Waals surface area contributed by atoms with E-state index in [-0.39, 0.29) is 11.8 Å². The standard InChI is InChI=1S/C16H21ClN2O2S/c1-2-3-8-22(20,21)19-12-5-7-15-14(10-12)13-6-4-11(17)9-16(13)18-15/h4,6,9,12,18-19H,2-3,5,7-8,10H2,1H3. The van der Waals surface area contributed by atoms with Crippen molar-refractivity contribution < 1.29 is 8.42 Å².